The Hall–Kier alpha value is -3.02. The molecule has 1 amide bonds. The van der Waals surface area contributed by atoms with Crippen LogP contribution in [0.25, 0.3) is 5.69 Å². The number of rotatable bonds is 4. The van der Waals surface area contributed by atoms with E-state index in [0.29, 0.717) is 5.56 Å². The molecule has 0 bridgehead atoms. The monoisotopic (exact) mass is 349 g/mol. The van der Waals surface area contributed by atoms with Gasteiger partial charge in [-0.1, -0.05) is 38.1 Å². The van der Waals surface area contributed by atoms with Crippen LogP contribution in [0.2, 0.25) is 0 Å². The van der Waals surface area contributed by atoms with E-state index in [1.807, 2.05) is 31.2 Å². The zero-order valence-electron chi connectivity index (χ0n) is 15.5. The first kappa shape index (κ1) is 17.8. The number of aryl methyl sites for hydroxylation is 1. The predicted octanol–water partition coefficient (Wildman–Crippen LogP) is 3.49. The quantitative estimate of drug-likeness (QED) is 0.782. The van der Waals surface area contributed by atoms with E-state index in [4.69, 9.17) is 0 Å². The summed E-state index contributed by atoms with van der Waals surface area (Å²) in [6, 6.07) is 11.0. The second kappa shape index (κ2) is 7.07. The molecule has 2 aromatic heterocycles. The van der Waals surface area contributed by atoms with Crippen molar-refractivity contribution < 1.29 is 4.79 Å². The van der Waals surface area contributed by atoms with Crippen LogP contribution in [0.1, 0.15) is 48.4 Å². The number of nitrogens with zero attached hydrogens (tertiary/aromatic N) is 4. The van der Waals surface area contributed by atoms with Gasteiger partial charge in [0.1, 0.15) is 0 Å². The Morgan fingerprint density at radius 2 is 1.96 bits per heavy atom. The van der Waals surface area contributed by atoms with Crippen molar-refractivity contribution in [3.8, 4) is 5.69 Å². The molecule has 134 valence electrons. The fourth-order valence-electron chi connectivity index (χ4n) is 2.85. The molecule has 6 nitrogen and oxygen atoms in total. The van der Waals surface area contributed by atoms with Crippen molar-refractivity contribution in [2.75, 3.05) is 0 Å². The summed E-state index contributed by atoms with van der Waals surface area (Å²) in [7, 11) is 0. The van der Waals surface area contributed by atoms with Crippen molar-refractivity contribution in [2.45, 2.75) is 33.7 Å². The number of carbonyl (C=O) groups excluding carboxylic acids is 1. The predicted molar refractivity (Wildman–Crippen MR) is 100.0 cm³/mol. The number of benzene rings is 1. The maximum absolute atomic E-state index is 12.9. The molecule has 0 aliphatic rings. The summed E-state index contributed by atoms with van der Waals surface area (Å²) in [6.45, 7) is 8.30. The normalized spacial score (nSPS) is 12.6. The maximum Gasteiger partial charge on any atom is 0.251 e. The number of nitrogens with one attached hydrogen (secondary N) is 1. The lowest BCUT2D eigenvalue weighted by atomic mass is 9.83. The molecular weight excluding hydrogens is 326 g/mol. The number of pyridine rings is 1. The Morgan fingerprint density at radius 1 is 1.15 bits per heavy atom. The first-order chi connectivity index (χ1) is 12.4. The largest absolute Gasteiger partial charge is 0.343 e. The van der Waals surface area contributed by atoms with Crippen molar-refractivity contribution in [1.29, 1.82) is 0 Å². The second-order valence-electron chi connectivity index (χ2n) is 7.38. The van der Waals surface area contributed by atoms with Gasteiger partial charge >= 0.3 is 0 Å². The molecule has 1 N–H and O–H groups in total. The van der Waals surface area contributed by atoms with Gasteiger partial charge in [0.25, 0.3) is 5.91 Å². The third-order valence-electron chi connectivity index (χ3n) is 4.26. The first-order valence-corrected chi connectivity index (χ1v) is 8.55. The van der Waals surface area contributed by atoms with E-state index in [9.17, 15) is 4.79 Å². The molecule has 0 spiro atoms. The molecule has 0 saturated heterocycles. The lowest BCUT2D eigenvalue weighted by Crippen LogP contribution is -2.37. The van der Waals surface area contributed by atoms with Gasteiger partial charge in [-0.2, -0.15) is 0 Å². The zero-order chi connectivity index (χ0) is 18.7. The van der Waals surface area contributed by atoms with Crippen LogP contribution in [-0.2, 0) is 0 Å². The second-order valence-corrected chi connectivity index (χ2v) is 7.38. The number of amides is 1. The summed E-state index contributed by atoms with van der Waals surface area (Å²) in [5.74, 6) is -0.142. The molecule has 6 heteroatoms. The van der Waals surface area contributed by atoms with Crippen molar-refractivity contribution >= 4 is 5.91 Å². The number of hydrogen-bond acceptors (Lipinski definition) is 4. The van der Waals surface area contributed by atoms with Crippen LogP contribution in [0.4, 0.5) is 0 Å². The standard InChI is InChI=1S/C20H23N5O/c1-14-7-6-10-21-17(14)18(20(2,3)4)23-19(26)15-8-5-9-16(13-15)25-12-11-22-24-25/h5-13,18H,1-4H3,(H,23,26). The van der Waals surface area contributed by atoms with E-state index in [1.54, 1.807) is 35.4 Å². The van der Waals surface area contributed by atoms with Crippen molar-refractivity contribution in [1.82, 2.24) is 25.3 Å². The summed E-state index contributed by atoms with van der Waals surface area (Å²) in [5, 5.41) is 10.9. The third-order valence-corrected chi connectivity index (χ3v) is 4.26. The minimum absolute atomic E-state index is 0.142. The highest BCUT2D eigenvalue weighted by Crippen LogP contribution is 2.33. The molecule has 1 unspecified atom stereocenters. The summed E-state index contributed by atoms with van der Waals surface area (Å²) in [6.07, 6.45) is 5.11. The molecule has 26 heavy (non-hydrogen) atoms. The van der Waals surface area contributed by atoms with E-state index < -0.39 is 0 Å². The van der Waals surface area contributed by atoms with E-state index in [0.717, 1.165) is 16.9 Å². The van der Waals surface area contributed by atoms with Gasteiger partial charge < -0.3 is 5.32 Å². The Kier molecular flexibility index (Phi) is 4.84. The lowest BCUT2D eigenvalue weighted by molar-refractivity contribution is 0.0899. The molecule has 0 aliphatic heterocycles. The minimum atomic E-state index is -0.203. The molecule has 0 saturated carbocycles. The average Bonchev–Trinajstić information content (AvgIpc) is 3.14. The van der Waals surface area contributed by atoms with Gasteiger partial charge in [-0.15, -0.1) is 5.10 Å². The highest BCUT2D eigenvalue weighted by Gasteiger charge is 2.30. The van der Waals surface area contributed by atoms with E-state index in [1.165, 1.54) is 0 Å². The molecule has 0 radical (unpaired) electrons. The highest BCUT2D eigenvalue weighted by atomic mass is 16.1. The summed E-state index contributed by atoms with van der Waals surface area (Å²) < 4.78 is 1.63. The van der Waals surface area contributed by atoms with Gasteiger partial charge in [0.05, 0.1) is 29.8 Å². The van der Waals surface area contributed by atoms with Gasteiger partial charge in [-0.25, -0.2) is 4.68 Å². The Morgan fingerprint density at radius 3 is 2.62 bits per heavy atom. The molecule has 1 atom stereocenters. The summed E-state index contributed by atoms with van der Waals surface area (Å²) >= 11 is 0. The van der Waals surface area contributed by atoms with Gasteiger partial charge in [-0.3, -0.25) is 9.78 Å². The Balaban J connectivity index is 1.90. The summed E-state index contributed by atoms with van der Waals surface area (Å²) in [4.78, 5) is 17.4. The first-order valence-electron chi connectivity index (χ1n) is 8.55. The molecular formula is C20H23N5O. The number of carbonyl (C=O) groups is 1. The average molecular weight is 349 g/mol. The molecule has 2 heterocycles. The van der Waals surface area contributed by atoms with Crippen LogP contribution < -0.4 is 5.32 Å². The zero-order valence-corrected chi connectivity index (χ0v) is 15.5. The number of hydrogen-bond donors (Lipinski definition) is 1. The van der Waals surface area contributed by atoms with Crippen LogP contribution in [0.15, 0.2) is 55.0 Å². The van der Waals surface area contributed by atoms with Gasteiger partial charge in [-0.05, 0) is 42.2 Å². The maximum atomic E-state index is 12.9. The van der Waals surface area contributed by atoms with Crippen LogP contribution in [0, 0.1) is 12.3 Å². The molecule has 0 aliphatic carbocycles. The van der Waals surface area contributed by atoms with Gasteiger partial charge in [0, 0.05) is 11.8 Å². The van der Waals surface area contributed by atoms with Crippen LogP contribution in [0.5, 0.6) is 0 Å². The SMILES string of the molecule is Cc1cccnc1C(NC(=O)c1cccc(-n2ccnn2)c1)C(C)(C)C. The fourth-order valence-corrected chi connectivity index (χ4v) is 2.85. The summed E-state index contributed by atoms with van der Waals surface area (Å²) in [5.41, 5.74) is 3.13. The third kappa shape index (κ3) is 3.79. The molecule has 3 rings (SSSR count). The lowest BCUT2D eigenvalue weighted by Gasteiger charge is -2.32. The van der Waals surface area contributed by atoms with E-state index in [2.05, 4.69) is 41.4 Å². The van der Waals surface area contributed by atoms with E-state index in [-0.39, 0.29) is 17.4 Å². The smallest absolute Gasteiger partial charge is 0.251 e. The van der Waals surface area contributed by atoms with Crippen molar-refractivity contribution in [2.24, 2.45) is 5.41 Å². The van der Waals surface area contributed by atoms with Crippen molar-refractivity contribution in [3.63, 3.8) is 0 Å². The van der Waals surface area contributed by atoms with Crippen LogP contribution in [-0.4, -0.2) is 25.9 Å². The minimum Gasteiger partial charge on any atom is -0.343 e. The van der Waals surface area contributed by atoms with Gasteiger partial charge in [0.2, 0.25) is 0 Å². The molecule has 0 fully saturated rings. The molecule has 3 aromatic rings. The molecule has 1 aromatic carbocycles. The fraction of sp³-hybridized carbons (Fsp3) is 0.300. The van der Waals surface area contributed by atoms with Crippen LogP contribution in [0.3, 0.4) is 0 Å². The van der Waals surface area contributed by atoms with Crippen LogP contribution >= 0.6 is 0 Å². The Bertz CT molecular complexity index is 897. The topological polar surface area (TPSA) is 72.7 Å². The number of aromatic nitrogens is 4. The Labute approximate surface area is 153 Å². The van der Waals surface area contributed by atoms with Crippen molar-refractivity contribution in [3.05, 3.63) is 71.8 Å². The highest BCUT2D eigenvalue weighted by molar-refractivity contribution is 5.95. The van der Waals surface area contributed by atoms with Gasteiger partial charge in [0.15, 0.2) is 0 Å². The van der Waals surface area contributed by atoms with E-state index >= 15 is 0 Å².